The van der Waals surface area contributed by atoms with Gasteiger partial charge < -0.3 is 14.9 Å². The molecular formula is C18H22O5. The van der Waals surface area contributed by atoms with Gasteiger partial charge in [-0.05, 0) is 38.5 Å². The van der Waals surface area contributed by atoms with Crippen molar-refractivity contribution >= 4 is 11.6 Å². The Morgan fingerprint density at radius 2 is 1.78 bits per heavy atom. The van der Waals surface area contributed by atoms with Crippen LogP contribution in [0, 0.1) is 5.92 Å². The number of hydrogen-bond donors (Lipinski definition) is 2. The molecule has 2 N–H and O–H groups in total. The number of allylic oxidation sites excluding steroid dienone is 1. The van der Waals surface area contributed by atoms with Crippen LogP contribution in [0.5, 0.6) is 5.75 Å². The van der Waals surface area contributed by atoms with E-state index in [4.69, 9.17) is 4.74 Å². The molecule has 0 heterocycles. The summed E-state index contributed by atoms with van der Waals surface area (Å²) in [5.74, 6) is -1.51. The van der Waals surface area contributed by atoms with E-state index in [0.717, 1.165) is 0 Å². The monoisotopic (exact) mass is 318 g/mol. The second-order valence-electron chi connectivity index (χ2n) is 6.29. The summed E-state index contributed by atoms with van der Waals surface area (Å²) >= 11 is 0. The van der Waals surface area contributed by atoms with Crippen LogP contribution in [-0.4, -0.2) is 34.5 Å². The summed E-state index contributed by atoms with van der Waals surface area (Å²) < 4.78 is 5.12. The number of carbonyl (C=O) groups excluding carboxylic acids is 2. The molecule has 0 aliphatic heterocycles. The zero-order valence-corrected chi connectivity index (χ0v) is 13.8. The maximum Gasteiger partial charge on any atom is 0.159 e. The molecule has 0 bridgehead atoms. The van der Waals surface area contributed by atoms with Crippen molar-refractivity contribution in [3.63, 3.8) is 0 Å². The molecule has 1 aliphatic carbocycles. The number of ether oxygens (including phenoxy) is 1. The highest BCUT2D eigenvalue weighted by Gasteiger charge is 2.49. The molecule has 0 aromatic heterocycles. The summed E-state index contributed by atoms with van der Waals surface area (Å²) in [7, 11) is 1.55. The van der Waals surface area contributed by atoms with Gasteiger partial charge in [0.2, 0.25) is 0 Å². The number of carbonyl (C=O) groups is 2. The van der Waals surface area contributed by atoms with Gasteiger partial charge in [0, 0.05) is 17.9 Å². The van der Waals surface area contributed by atoms with Crippen LogP contribution in [0.1, 0.15) is 38.7 Å². The Morgan fingerprint density at radius 1 is 1.22 bits per heavy atom. The lowest BCUT2D eigenvalue weighted by Gasteiger charge is -2.42. The van der Waals surface area contributed by atoms with Crippen molar-refractivity contribution in [1.82, 2.24) is 0 Å². The van der Waals surface area contributed by atoms with E-state index in [1.54, 1.807) is 31.4 Å². The van der Waals surface area contributed by atoms with Crippen LogP contribution in [0.4, 0.5) is 0 Å². The van der Waals surface area contributed by atoms with E-state index in [-0.39, 0.29) is 29.3 Å². The smallest absolute Gasteiger partial charge is 0.159 e. The normalized spacial score (nSPS) is 27.7. The first kappa shape index (κ1) is 17.2. The number of aliphatic hydroxyl groups is 2. The van der Waals surface area contributed by atoms with Crippen LogP contribution < -0.4 is 4.74 Å². The highest BCUT2D eigenvalue weighted by atomic mass is 16.5. The highest BCUT2D eigenvalue weighted by Crippen LogP contribution is 2.47. The molecule has 1 aliphatic rings. The molecule has 5 heteroatoms. The molecule has 0 saturated carbocycles. The van der Waals surface area contributed by atoms with Crippen LogP contribution in [0.2, 0.25) is 0 Å². The first-order valence-electron chi connectivity index (χ1n) is 7.48. The molecule has 5 nitrogen and oxygen atoms in total. The maximum atomic E-state index is 12.2. The summed E-state index contributed by atoms with van der Waals surface area (Å²) in [5, 5.41) is 20.9. The minimum absolute atomic E-state index is 0.112. The predicted molar refractivity (Wildman–Crippen MR) is 85.5 cm³/mol. The standard InChI is InChI=1S/C18H22O5/c1-10(19)15-14(21)9-18(3,22)17(11(2)20)16(15)12-5-7-13(23-4)8-6-12/h5-8,16-17,21-22H,9H2,1-4H3. The molecule has 1 aromatic rings. The van der Waals surface area contributed by atoms with Crippen molar-refractivity contribution in [2.75, 3.05) is 7.11 Å². The van der Waals surface area contributed by atoms with E-state index in [1.165, 1.54) is 20.8 Å². The summed E-state index contributed by atoms with van der Waals surface area (Å²) in [6.45, 7) is 4.28. The van der Waals surface area contributed by atoms with Gasteiger partial charge in [-0.25, -0.2) is 0 Å². The minimum atomic E-state index is -1.42. The van der Waals surface area contributed by atoms with E-state index >= 15 is 0 Å². The van der Waals surface area contributed by atoms with Crippen molar-refractivity contribution in [1.29, 1.82) is 0 Å². The molecule has 23 heavy (non-hydrogen) atoms. The number of aliphatic hydroxyl groups excluding tert-OH is 1. The van der Waals surface area contributed by atoms with Gasteiger partial charge >= 0.3 is 0 Å². The number of rotatable bonds is 4. The van der Waals surface area contributed by atoms with E-state index in [0.29, 0.717) is 11.3 Å². The Morgan fingerprint density at radius 3 is 2.22 bits per heavy atom. The van der Waals surface area contributed by atoms with Gasteiger partial charge in [0.1, 0.15) is 17.3 Å². The molecule has 0 fully saturated rings. The van der Waals surface area contributed by atoms with Crippen LogP contribution in [-0.2, 0) is 9.59 Å². The third kappa shape index (κ3) is 3.15. The predicted octanol–water partition coefficient (Wildman–Crippen LogP) is 2.54. The Labute approximate surface area is 135 Å². The fourth-order valence-electron chi connectivity index (χ4n) is 3.51. The van der Waals surface area contributed by atoms with Gasteiger partial charge in [-0.15, -0.1) is 0 Å². The lowest BCUT2D eigenvalue weighted by atomic mass is 9.64. The maximum absolute atomic E-state index is 12.2. The Balaban J connectivity index is 2.65. The highest BCUT2D eigenvalue weighted by molar-refractivity contribution is 5.97. The molecule has 124 valence electrons. The second-order valence-corrected chi connectivity index (χ2v) is 6.29. The molecule has 2 rings (SSSR count). The van der Waals surface area contributed by atoms with Crippen LogP contribution >= 0.6 is 0 Å². The van der Waals surface area contributed by atoms with E-state index in [2.05, 4.69) is 0 Å². The van der Waals surface area contributed by atoms with Gasteiger partial charge in [0.15, 0.2) is 5.78 Å². The van der Waals surface area contributed by atoms with Gasteiger partial charge in [-0.2, -0.15) is 0 Å². The molecule has 0 radical (unpaired) electrons. The first-order valence-corrected chi connectivity index (χ1v) is 7.48. The first-order chi connectivity index (χ1) is 10.7. The summed E-state index contributed by atoms with van der Waals surface area (Å²) in [6, 6.07) is 6.95. The number of hydrogen-bond acceptors (Lipinski definition) is 5. The lowest BCUT2D eigenvalue weighted by molar-refractivity contribution is -0.132. The fourth-order valence-corrected chi connectivity index (χ4v) is 3.51. The zero-order valence-electron chi connectivity index (χ0n) is 13.8. The molecule has 0 spiro atoms. The van der Waals surface area contributed by atoms with Gasteiger partial charge in [0.25, 0.3) is 0 Å². The molecular weight excluding hydrogens is 296 g/mol. The Bertz CT molecular complexity index is 654. The Hall–Kier alpha value is -2.14. The Kier molecular flexibility index (Phi) is 4.61. The summed E-state index contributed by atoms with van der Waals surface area (Å²) in [6.07, 6.45) is -0.112. The third-order valence-corrected chi connectivity index (χ3v) is 4.44. The SMILES string of the molecule is COc1ccc(C2C(C(C)=O)=C(O)CC(C)(O)C2C(C)=O)cc1. The van der Waals surface area contributed by atoms with Crippen LogP contribution in [0.3, 0.4) is 0 Å². The summed E-state index contributed by atoms with van der Waals surface area (Å²) in [5.41, 5.74) is -0.538. The average molecular weight is 318 g/mol. The molecule has 3 atom stereocenters. The van der Waals surface area contributed by atoms with E-state index < -0.39 is 17.4 Å². The minimum Gasteiger partial charge on any atom is -0.512 e. The summed E-state index contributed by atoms with van der Waals surface area (Å²) in [4.78, 5) is 24.3. The molecule has 0 amide bonds. The van der Waals surface area contributed by atoms with E-state index in [9.17, 15) is 19.8 Å². The topological polar surface area (TPSA) is 83.8 Å². The van der Waals surface area contributed by atoms with Crippen LogP contribution in [0.25, 0.3) is 0 Å². The number of Topliss-reactive ketones (excluding diaryl/α,β-unsaturated/α-hetero) is 2. The van der Waals surface area contributed by atoms with Crippen molar-refractivity contribution in [3.05, 3.63) is 41.2 Å². The average Bonchev–Trinajstić information content (AvgIpc) is 2.44. The zero-order chi connectivity index (χ0) is 17.4. The number of ketones is 2. The molecule has 0 saturated heterocycles. The van der Waals surface area contributed by atoms with Gasteiger partial charge in [-0.3, -0.25) is 9.59 Å². The number of benzene rings is 1. The van der Waals surface area contributed by atoms with Crippen LogP contribution in [0.15, 0.2) is 35.6 Å². The lowest BCUT2D eigenvalue weighted by Crippen LogP contribution is -2.47. The van der Waals surface area contributed by atoms with Crippen molar-refractivity contribution < 1.29 is 24.5 Å². The van der Waals surface area contributed by atoms with Crippen molar-refractivity contribution in [2.45, 2.75) is 38.7 Å². The molecule has 1 aromatic carbocycles. The number of methoxy groups -OCH3 is 1. The van der Waals surface area contributed by atoms with E-state index in [1.807, 2.05) is 0 Å². The van der Waals surface area contributed by atoms with Gasteiger partial charge in [-0.1, -0.05) is 12.1 Å². The third-order valence-electron chi connectivity index (χ3n) is 4.44. The van der Waals surface area contributed by atoms with Crippen molar-refractivity contribution in [3.8, 4) is 5.75 Å². The molecule has 3 unspecified atom stereocenters. The second kappa shape index (κ2) is 6.16. The largest absolute Gasteiger partial charge is 0.512 e. The fraction of sp³-hybridized carbons (Fsp3) is 0.444. The van der Waals surface area contributed by atoms with Gasteiger partial charge in [0.05, 0.1) is 18.6 Å². The quantitative estimate of drug-likeness (QED) is 0.891. The van der Waals surface area contributed by atoms with Crippen molar-refractivity contribution in [2.24, 2.45) is 5.92 Å².